The van der Waals surface area contributed by atoms with E-state index in [1.807, 2.05) is 30.3 Å². The summed E-state index contributed by atoms with van der Waals surface area (Å²) in [5, 5.41) is 4.89. The Balaban J connectivity index is 1.39. The molecule has 0 radical (unpaired) electrons. The second-order valence-electron chi connectivity index (χ2n) is 6.28. The van der Waals surface area contributed by atoms with Gasteiger partial charge < -0.3 is 9.32 Å². The van der Waals surface area contributed by atoms with Gasteiger partial charge in [-0.2, -0.15) is 5.10 Å². The Kier molecular flexibility index (Phi) is 4.75. The van der Waals surface area contributed by atoms with Gasteiger partial charge in [0.2, 0.25) is 0 Å². The molecule has 0 spiro atoms. The van der Waals surface area contributed by atoms with Crippen molar-refractivity contribution in [2.45, 2.75) is 12.8 Å². The van der Waals surface area contributed by atoms with Crippen LogP contribution in [-0.2, 0) is 0 Å². The van der Waals surface area contributed by atoms with Crippen LogP contribution in [0.25, 0.3) is 11.0 Å². The van der Waals surface area contributed by atoms with E-state index in [1.165, 1.54) is 18.5 Å². The molecule has 1 aromatic heterocycles. The summed E-state index contributed by atoms with van der Waals surface area (Å²) in [7, 11) is 0. The molecule has 1 fully saturated rings. The third-order valence-corrected chi connectivity index (χ3v) is 4.94. The van der Waals surface area contributed by atoms with Crippen molar-refractivity contribution >= 4 is 44.7 Å². The maximum atomic E-state index is 12.2. The zero-order valence-electron chi connectivity index (χ0n) is 14.1. The molecule has 1 N–H and O–H groups in total. The molecule has 0 atom stereocenters. The predicted octanol–water partition coefficient (Wildman–Crippen LogP) is 4.56. The van der Waals surface area contributed by atoms with Gasteiger partial charge in [0.25, 0.3) is 0 Å². The van der Waals surface area contributed by atoms with Gasteiger partial charge in [-0.1, -0.05) is 28.1 Å². The van der Waals surface area contributed by atoms with Crippen LogP contribution >= 0.6 is 15.9 Å². The van der Waals surface area contributed by atoms with E-state index >= 15 is 0 Å². The monoisotopic (exact) mass is 411 g/mol. The number of carbonyl (C=O) groups excluding carboxylic acids is 1. The minimum atomic E-state index is -0.373. The summed E-state index contributed by atoms with van der Waals surface area (Å²) >= 11 is 3.40. The zero-order valence-corrected chi connectivity index (χ0v) is 15.7. The van der Waals surface area contributed by atoms with E-state index in [0.717, 1.165) is 28.5 Å². The lowest BCUT2D eigenvalue weighted by Gasteiger charge is -2.17. The van der Waals surface area contributed by atoms with Gasteiger partial charge >= 0.3 is 5.91 Å². The van der Waals surface area contributed by atoms with E-state index in [4.69, 9.17) is 4.42 Å². The molecule has 3 aromatic rings. The Labute approximate surface area is 159 Å². The summed E-state index contributed by atoms with van der Waals surface area (Å²) in [5.74, 6) is -0.137. The molecule has 0 unspecified atom stereocenters. The number of amides is 1. The quantitative estimate of drug-likeness (QED) is 0.505. The smallest absolute Gasteiger partial charge is 0.307 e. The van der Waals surface area contributed by atoms with Crippen LogP contribution in [0.2, 0.25) is 0 Å². The Morgan fingerprint density at radius 3 is 2.65 bits per heavy atom. The van der Waals surface area contributed by atoms with Crippen molar-refractivity contribution in [2.75, 3.05) is 18.0 Å². The number of rotatable bonds is 4. The van der Waals surface area contributed by atoms with Gasteiger partial charge in [0, 0.05) is 28.6 Å². The highest BCUT2D eigenvalue weighted by Crippen LogP contribution is 2.23. The molecule has 2 heterocycles. The first kappa shape index (κ1) is 16.8. The number of fused-ring (bicyclic) bond motifs is 1. The van der Waals surface area contributed by atoms with E-state index in [0.29, 0.717) is 5.58 Å². The number of hydrogen-bond acceptors (Lipinski definition) is 4. The lowest BCUT2D eigenvalue weighted by atomic mass is 10.2. The van der Waals surface area contributed by atoms with Crippen LogP contribution < -0.4 is 10.3 Å². The fourth-order valence-corrected chi connectivity index (χ4v) is 3.47. The van der Waals surface area contributed by atoms with Crippen molar-refractivity contribution in [3.8, 4) is 0 Å². The maximum absolute atomic E-state index is 12.2. The minimum absolute atomic E-state index is 0.236. The van der Waals surface area contributed by atoms with Crippen molar-refractivity contribution in [3.05, 3.63) is 64.3 Å². The highest BCUT2D eigenvalue weighted by atomic mass is 79.9. The molecule has 4 rings (SSSR count). The van der Waals surface area contributed by atoms with Crippen LogP contribution in [0.15, 0.2) is 62.5 Å². The van der Waals surface area contributed by atoms with Crippen molar-refractivity contribution < 1.29 is 9.21 Å². The summed E-state index contributed by atoms with van der Waals surface area (Å²) in [6, 6.07) is 15.5. The molecular weight excluding hydrogens is 394 g/mol. The van der Waals surface area contributed by atoms with Crippen LogP contribution in [0, 0.1) is 0 Å². The van der Waals surface area contributed by atoms with Crippen molar-refractivity contribution in [1.29, 1.82) is 0 Å². The lowest BCUT2D eigenvalue weighted by Crippen LogP contribution is -2.17. The highest BCUT2D eigenvalue weighted by molar-refractivity contribution is 9.10. The van der Waals surface area contributed by atoms with Crippen molar-refractivity contribution in [2.24, 2.45) is 5.10 Å². The molecule has 5 nitrogen and oxygen atoms in total. The van der Waals surface area contributed by atoms with Crippen LogP contribution in [0.5, 0.6) is 0 Å². The maximum Gasteiger partial charge on any atom is 0.307 e. The number of anilines is 1. The summed E-state index contributed by atoms with van der Waals surface area (Å²) in [6.07, 6.45) is 4.15. The van der Waals surface area contributed by atoms with Gasteiger partial charge in [-0.15, -0.1) is 0 Å². The molecule has 1 saturated heterocycles. The van der Waals surface area contributed by atoms with Crippen LogP contribution in [-0.4, -0.2) is 25.2 Å². The Bertz CT molecular complexity index is 957. The van der Waals surface area contributed by atoms with Gasteiger partial charge in [0.05, 0.1) is 6.21 Å². The lowest BCUT2D eigenvalue weighted by molar-refractivity contribution is 0.0929. The normalized spacial score (nSPS) is 14.4. The zero-order chi connectivity index (χ0) is 17.9. The first-order valence-electron chi connectivity index (χ1n) is 8.56. The van der Waals surface area contributed by atoms with E-state index in [2.05, 4.69) is 43.5 Å². The Hall–Kier alpha value is -2.60. The Morgan fingerprint density at radius 2 is 1.88 bits per heavy atom. The summed E-state index contributed by atoms with van der Waals surface area (Å²) < 4.78 is 6.49. The van der Waals surface area contributed by atoms with Crippen LogP contribution in [0.4, 0.5) is 5.69 Å². The number of halogens is 1. The molecule has 1 aliphatic heterocycles. The van der Waals surface area contributed by atoms with E-state index < -0.39 is 0 Å². The summed E-state index contributed by atoms with van der Waals surface area (Å²) in [6.45, 7) is 2.25. The molecule has 1 amide bonds. The largest absolute Gasteiger partial charge is 0.451 e. The SMILES string of the molecule is O=C(N/N=C/c1ccc(N2CCCC2)cc1)c1cc2cc(Br)ccc2o1. The van der Waals surface area contributed by atoms with E-state index in [-0.39, 0.29) is 11.7 Å². The molecule has 26 heavy (non-hydrogen) atoms. The van der Waals surface area contributed by atoms with Crippen molar-refractivity contribution in [1.82, 2.24) is 5.43 Å². The van der Waals surface area contributed by atoms with Gasteiger partial charge in [0.15, 0.2) is 5.76 Å². The predicted molar refractivity (Wildman–Crippen MR) is 107 cm³/mol. The molecular formula is C20H18BrN3O2. The molecule has 132 valence electrons. The second-order valence-corrected chi connectivity index (χ2v) is 7.19. The average molecular weight is 412 g/mol. The minimum Gasteiger partial charge on any atom is -0.451 e. The third kappa shape index (κ3) is 3.65. The van der Waals surface area contributed by atoms with Crippen molar-refractivity contribution in [3.63, 3.8) is 0 Å². The van der Waals surface area contributed by atoms with Gasteiger partial charge in [0.1, 0.15) is 5.58 Å². The Morgan fingerprint density at radius 1 is 1.12 bits per heavy atom. The number of carbonyl (C=O) groups is 1. The molecule has 2 aromatic carbocycles. The first-order chi connectivity index (χ1) is 12.7. The second kappa shape index (κ2) is 7.33. The average Bonchev–Trinajstić information content (AvgIpc) is 3.31. The van der Waals surface area contributed by atoms with Gasteiger partial charge in [-0.05, 0) is 54.8 Å². The highest BCUT2D eigenvalue weighted by Gasteiger charge is 2.12. The number of benzene rings is 2. The summed E-state index contributed by atoms with van der Waals surface area (Å²) in [5.41, 5.74) is 5.34. The van der Waals surface area contributed by atoms with Crippen LogP contribution in [0.1, 0.15) is 29.0 Å². The number of hydrogen-bond donors (Lipinski definition) is 1. The fourth-order valence-electron chi connectivity index (χ4n) is 3.09. The van der Waals surface area contributed by atoms with Crippen LogP contribution in [0.3, 0.4) is 0 Å². The molecule has 0 bridgehead atoms. The van der Waals surface area contributed by atoms with Gasteiger partial charge in [-0.3, -0.25) is 4.79 Å². The molecule has 0 aliphatic carbocycles. The van der Waals surface area contributed by atoms with Gasteiger partial charge in [-0.25, -0.2) is 5.43 Å². The number of nitrogens with zero attached hydrogens (tertiary/aromatic N) is 2. The summed E-state index contributed by atoms with van der Waals surface area (Å²) in [4.78, 5) is 14.6. The number of nitrogens with one attached hydrogen (secondary N) is 1. The molecule has 0 saturated carbocycles. The van der Waals surface area contributed by atoms with E-state index in [9.17, 15) is 4.79 Å². The fraction of sp³-hybridized carbons (Fsp3) is 0.200. The molecule has 1 aliphatic rings. The molecule has 6 heteroatoms. The number of hydrazone groups is 1. The third-order valence-electron chi connectivity index (χ3n) is 4.45. The topological polar surface area (TPSA) is 57.8 Å². The van der Waals surface area contributed by atoms with E-state index in [1.54, 1.807) is 12.3 Å². The standard InChI is InChI=1S/C20H18BrN3O2/c21-16-5-8-18-15(11-16)12-19(26-18)20(25)23-22-13-14-3-6-17(7-4-14)24-9-1-2-10-24/h3-8,11-13H,1-2,9-10H2,(H,23,25)/b22-13+. The number of furan rings is 1. The first-order valence-corrected chi connectivity index (χ1v) is 9.36.